The summed E-state index contributed by atoms with van der Waals surface area (Å²) in [5.41, 5.74) is 3.49. The van der Waals surface area contributed by atoms with Gasteiger partial charge in [0, 0.05) is 35.4 Å². The van der Waals surface area contributed by atoms with Crippen LogP contribution in [0, 0.1) is 0 Å². The molecule has 0 fully saturated rings. The fourth-order valence-electron chi connectivity index (χ4n) is 3.64. The topological polar surface area (TPSA) is 62.6 Å². The number of anilines is 2. The molecule has 0 spiro atoms. The summed E-state index contributed by atoms with van der Waals surface area (Å²) in [6.45, 7) is 6.08. The Hall–Kier alpha value is -3.86. The van der Waals surface area contributed by atoms with Gasteiger partial charge >= 0.3 is 5.63 Å². The molecule has 0 atom stereocenters. The van der Waals surface area contributed by atoms with Crippen LogP contribution in [0.3, 0.4) is 0 Å². The molecule has 4 rings (SSSR count). The largest absolute Gasteiger partial charge is 0.422 e. The van der Waals surface area contributed by atoms with E-state index in [4.69, 9.17) is 4.42 Å². The number of benzene rings is 3. The summed E-state index contributed by atoms with van der Waals surface area (Å²) in [6, 6.07) is 24.0. The number of hydrogen-bond acceptors (Lipinski definition) is 4. The first-order chi connectivity index (χ1) is 15.1. The summed E-state index contributed by atoms with van der Waals surface area (Å²) in [4.78, 5) is 27.5. The van der Waals surface area contributed by atoms with Crippen molar-refractivity contribution in [3.63, 3.8) is 0 Å². The monoisotopic (exact) mass is 412 g/mol. The van der Waals surface area contributed by atoms with Crippen molar-refractivity contribution in [1.82, 2.24) is 0 Å². The van der Waals surface area contributed by atoms with Crippen molar-refractivity contribution in [2.45, 2.75) is 13.8 Å². The third-order valence-electron chi connectivity index (χ3n) is 5.33. The van der Waals surface area contributed by atoms with Crippen molar-refractivity contribution in [2.75, 3.05) is 23.3 Å². The number of nitrogens with one attached hydrogen (secondary N) is 1. The zero-order valence-electron chi connectivity index (χ0n) is 17.6. The SMILES string of the molecule is CCN(CC)c1ccc(NC(=O)c2cccc(-c3cc4ccccc4oc3=O)c2)cc1. The van der Waals surface area contributed by atoms with Gasteiger partial charge in [0.05, 0.1) is 5.56 Å². The Bertz CT molecular complexity index is 1270. The number of hydrogen-bond donors (Lipinski definition) is 1. The van der Waals surface area contributed by atoms with Gasteiger partial charge < -0.3 is 14.6 Å². The fraction of sp³-hybridized carbons (Fsp3) is 0.154. The first kappa shape index (κ1) is 20.4. The Kier molecular flexibility index (Phi) is 5.85. The quantitative estimate of drug-likeness (QED) is 0.421. The zero-order valence-corrected chi connectivity index (χ0v) is 17.6. The van der Waals surface area contributed by atoms with Crippen molar-refractivity contribution >= 4 is 28.3 Å². The number of para-hydroxylation sites is 1. The van der Waals surface area contributed by atoms with Crippen LogP contribution in [0.25, 0.3) is 22.1 Å². The lowest BCUT2D eigenvalue weighted by atomic mass is 10.0. The van der Waals surface area contributed by atoms with Gasteiger partial charge in [-0.3, -0.25) is 4.79 Å². The molecule has 0 saturated heterocycles. The van der Waals surface area contributed by atoms with E-state index in [0.29, 0.717) is 22.3 Å². The Morgan fingerprint density at radius 1 is 0.903 bits per heavy atom. The average molecular weight is 412 g/mol. The number of nitrogens with zero attached hydrogens (tertiary/aromatic N) is 1. The minimum Gasteiger partial charge on any atom is -0.422 e. The molecule has 0 bridgehead atoms. The Morgan fingerprint density at radius 3 is 2.39 bits per heavy atom. The Labute approximate surface area is 180 Å². The molecule has 1 N–H and O–H groups in total. The normalized spacial score (nSPS) is 10.8. The van der Waals surface area contributed by atoms with E-state index >= 15 is 0 Å². The minimum atomic E-state index is -0.428. The molecule has 31 heavy (non-hydrogen) atoms. The fourth-order valence-corrected chi connectivity index (χ4v) is 3.64. The number of fused-ring (bicyclic) bond motifs is 1. The average Bonchev–Trinajstić information content (AvgIpc) is 2.80. The van der Waals surface area contributed by atoms with Crippen LogP contribution in [-0.4, -0.2) is 19.0 Å². The third-order valence-corrected chi connectivity index (χ3v) is 5.33. The van der Waals surface area contributed by atoms with Gasteiger partial charge in [0.15, 0.2) is 0 Å². The van der Waals surface area contributed by atoms with Gasteiger partial charge in [-0.15, -0.1) is 0 Å². The highest BCUT2D eigenvalue weighted by molar-refractivity contribution is 6.05. The molecule has 0 aliphatic rings. The maximum Gasteiger partial charge on any atom is 0.344 e. The molecule has 0 aliphatic carbocycles. The molecule has 3 aromatic carbocycles. The van der Waals surface area contributed by atoms with E-state index in [1.807, 2.05) is 42.5 Å². The lowest BCUT2D eigenvalue weighted by Gasteiger charge is -2.21. The van der Waals surface area contributed by atoms with Crippen molar-refractivity contribution in [3.8, 4) is 11.1 Å². The number of rotatable bonds is 6. The van der Waals surface area contributed by atoms with Gasteiger partial charge in [0.2, 0.25) is 0 Å². The Morgan fingerprint density at radius 2 is 1.65 bits per heavy atom. The maximum absolute atomic E-state index is 12.8. The third kappa shape index (κ3) is 4.36. The standard InChI is InChI=1S/C26H24N2O3/c1-3-28(4-2)22-14-12-21(13-15-22)27-25(29)20-10-7-9-18(16-20)23-17-19-8-5-6-11-24(19)31-26(23)30/h5-17H,3-4H2,1-2H3,(H,27,29). The lowest BCUT2D eigenvalue weighted by molar-refractivity contribution is 0.102. The summed E-state index contributed by atoms with van der Waals surface area (Å²) in [7, 11) is 0. The first-order valence-corrected chi connectivity index (χ1v) is 10.4. The highest BCUT2D eigenvalue weighted by Gasteiger charge is 2.12. The molecule has 1 amide bonds. The molecule has 0 saturated carbocycles. The summed E-state index contributed by atoms with van der Waals surface area (Å²) in [6.07, 6.45) is 0. The molecule has 0 unspecified atom stereocenters. The second kappa shape index (κ2) is 8.88. The Balaban J connectivity index is 1.58. The molecular weight excluding hydrogens is 388 g/mol. The van der Waals surface area contributed by atoms with Crippen LogP contribution in [0.5, 0.6) is 0 Å². The second-order valence-corrected chi connectivity index (χ2v) is 7.24. The molecule has 5 heteroatoms. The van der Waals surface area contributed by atoms with Crippen LogP contribution in [-0.2, 0) is 0 Å². The highest BCUT2D eigenvalue weighted by Crippen LogP contribution is 2.23. The van der Waals surface area contributed by atoms with Crippen molar-refractivity contribution in [1.29, 1.82) is 0 Å². The van der Waals surface area contributed by atoms with Crippen molar-refractivity contribution in [3.05, 3.63) is 94.8 Å². The minimum absolute atomic E-state index is 0.234. The second-order valence-electron chi connectivity index (χ2n) is 7.24. The number of amides is 1. The lowest BCUT2D eigenvalue weighted by Crippen LogP contribution is -2.21. The molecule has 0 aliphatic heterocycles. The van der Waals surface area contributed by atoms with E-state index in [1.54, 1.807) is 36.4 Å². The van der Waals surface area contributed by atoms with Gasteiger partial charge in [-0.1, -0.05) is 30.3 Å². The van der Waals surface area contributed by atoms with Crippen LogP contribution in [0.2, 0.25) is 0 Å². The smallest absolute Gasteiger partial charge is 0.344 e. The summed E-state index contributed by atoms with van der Waals surface area (Å²) >= 11 is 0. The van der Waals surface area contributed by atoms with Crippen molar-refractivity contribution in [2.24, 2.45) is 0 Å². The molecule has 156 valence electrons. The predicted molar refractivity (Wildman–Crippen MR) is 126 cm³/mol. The molecular formula is C26H24N2O3. The first-order valence-electron chi connectivity index (χ1n) is 10.4. The van der Waals surface area contributed by atoms with Crippen molar-refractivity contribution < 1.29 is 9.21 Å². The van der Waals surface area contributed by atoms with E-state index < -0.39 is 5.63 Å². The van der Waals surface area contributed by atoms with Crippen LogP contribution < -0.4 is 15.8 Å². The summed E-state index contributed by atoms with van der Waals surface area (Å²) < 4.78 is 5.43. The summed E-state index contributed by atoms with van der Waals surface area (Å²) in [5.74, 6) is -0.234. The van der Waals surface area contributed by atoms with Crippen LogP contribution >= 0.6 is 0 Å². The van der Waals surface area contributed by atoms with Gasteiger partial charge in [-0.2, -0.15) is 0 Å². The molecule has 1 aromatic heterocycles. The van der Waals surface area contributed by atoms with Crippen LogP contribution in [0.15, 0.2) is 88.1 Å². The molecule has 5 nitrogen and oxygen atoms in total. The van der Waals surface area contributed by atoms with E-state index in [1.165, 1.54) is 0 Å². The predicted octanol–water partition coefficient (Wildman–Crippen LogP) is 5.56. The number of carbonyl (C=O) groups excluding carboxylic acids is 1. The zero-order chi connectivity index (χ0) is 21.8. The molecule has 4 aromatic rings. The van der Waals surface area contributed by atoms with E-state index in [0.717, 1.165) is 29.9 Å². The van der Waals surface area contributed by atoms with Crippen LogP contribution in [0.4, 0.5) is 11.4 Å². The highest BCUT2D eigenvalue weighted by atomic mass is 16.4. The van der Waals surface area contributed by atoms with Gasteiger partial charge in [-0.25, -0.2) is 4.79 Å². The number of carbonyl (C=O) groups is 1. The van der Waals surface area contributed by atoms with E-state index in [9.17, 15) is 9.59 Å². The summed E-state index contributed by atoms with van der Waals surface area (Å²) in [5, 5.41) is 3.76. The maximum atomic E-state index is 12.8. The van der Waals surface area contributed by atoms with E-state index in [2.05, 4.69) is 24.1 Å². The van der Waals surface area contributed by atoms with E-state index in [-0.39, 0.29) is 5.91 Å². The van der Waals surface area contributed by atoms with Crippen LogP contribution in [0.1, 0.15) is 24.2 Å². The molecule has 0 radical (unpaired) electrons. The van der Waals surface area contributed by atoms with Gasteiger partial charge in [0.1, 0.15) is 5.58 Å². The molecule has 1 heterocycles. The van der Waals surface area contributed by atoms with Gasteiger partial charge in [0.25, 0.3) is 5.91 Å². The van der Waals surface area contributed by atoms with Gasteiger partial charge in [-0.05, 0) is 67.9 Å².